The zero-order valence-electron chi connectivity index (χ0n) is 11.3. The van der Waals surface area contributed by atoms with E-state index >= 15 is 0 Å². The lowest BCUT2D eigenvalue weighted by Gasteiger charge is -2.43. The van der Waals surface area contributed by atoms with Crippen molar-refractivity contribution < 1.29 is 18.0 Å². The van der Waals surface area contributed by atoms with E-state index < -0.39 is 24.6 Å². The second kappa shape index (κ2) is 5.59. The molecule has 0 spiro atoms. The van der Waals surface area contributed by atoms with Crippen LogP contribution in [0.1, 0.15) is 45.4 Å². The molecule has 2 nitrogen and oxygen atoms in total. The first-order valence-corrected chi connectivity index (χ1v) is 6.45. The van der Waals surface area contributed by atoms with Crippen molar-refractivity contribution in [3.05, 3.63) is 0 Å². The molecule has 0 amide bonds. The maximum atomic E-state index is 12.2. The Morgan fingerprint density at radius 2 is 1.78 bits per heavy atom. The van der Waals surface area contributed by atoms with Gasteiger partial charge in [-0.1, -0.05) is 6.92 Å². The number of nitrogens with zero attached hydrogens (tertiary/aromatic N) is 1. The molecule has 0 aromatic rings. The summed E-state index contributed by atoms with van der Waals surface area (Å²) in [5.74, 6) is 0.310. The quantitative estimate of drug-likeness (QED) is 0.776. The van der Waals surface area contributed by atoms with Crippen LogP contribution >= 0.6 is 0 Å². The van der Waals surface area contributed by atoms with Crippen LogP contribution in [-0.4, -0.2) is 36.5 Å². The van der Waals surface area contributed by atoms with Crippen molar-refractivity contribution in [3.8, 4) is 0 Å². The molecule has 106 valence electrons. The summed E-state index contributed by atoms with van der Waals surface area (Å²) < 4.78 is 36.6. The third kappa shape index (κ3) is 3.70. The summed E-state index contributed by atoms with van der Waals surface area (Å²) >= 11 is 0. The van der Waals surface area contributed by atoms with Crippen LogP contribution in [0.3, 0.4) is 0 Å². The number of likely N-dealkylation sites (N-methyl/N-ethyl adjacent to an activating group) is 1. The summed E-state index contributed by atoms with van der Waals surface area (Å²) in [6, 6.07) is 0. The van der Waals surface area contributed by atoms with Gasteiger partial charge in [0.2, 0.25) is 0 Å². The van der Waals surface area contributed by atoms with E-state index in [0.29, 0.717) is 18.8 Å². The number of carbonyl (C=O) groups is 1. The van der Waals surface area contributed by atoms with Crippen LogP contribution in [0.5, 0.6) is 0 Å². The van der Waals surface area contributed by atoms with Gasteiger partial charge in [-0.2, -0.15) is 13.2 Å². The second-order valence-corrected chi connectivity index (χ2v) is 5.65. The second-order valence-electron chi connectivity index (χ2n) is 5.65. The maximum absolute atomic E-state index is 12.2. The van der Waals surface area contributed by atoms with Gasteiger partial charge in [-0.05, 0) is 45.7 Å². The Labute approximate surface area is 107 Å². The van der Waals surface area contributed by atoms with Gasteiger partial charge in [0.25, 0.3) is 0 Å². The molecular formula is C13H22F3NO. The highest BCUT2D eigenvalue weighted by atomic mass is 19.4. The number of hydrogen-bond acceptors (Lipinski definition) is 2. The van der Waals surface area contributed by atoms with E-state index in [4.69, 9.17) is 0 Å². The van der Waals surface area contributed by atoms with Gasteiger partial charge in [0, 0.05) is 6.42 Å². The Balaban J connectivity index is 2.70. The van der Waals surface area contributed by atoms with E-state index in [1.807, 2.05) is 4.90 Å². The number of alkyl halides is 3. The fourth-order valence-corrected chi connectivity index (χ4v) is 2.70. The van der Waals surface area contributed by atoms with Crippen molar-refractivity contribution in [3.63, 3.8) is 0 Å². The molecule has 0 N–H and O–H groups in total. The van der Waals surface area contributed by atoms with Crippen molar-refractivity contribution in [2.24, 2.45) is 5.92 Å². The molecule has 0 atom stereocenters. The molecule has 1 aliphatic carbocycles. The summed E-state index contributed by atoms with van der Waals surface area (Å²) in [6.07, 6.45) is -2.46. The van der Waals surface area contributed by atoms with E-state index in [0.717, 1.165) is 12.8 Å². The first kappa shape index (κ1) is 15.5. The predicted molar refractivity (Wildman–Crippen MR) is 64.3 cm³/mol. The van der Waals surface area contributed by atoms with E-state index in [-0.39, 0.29) is 5.78 Å². The van der Waals surface area contributed by atoms with Gasteiger partial charge >= 0.3 is 6.18 Å². The average Bonchev–Trinajstić information content (AvgIpc) is 2.26. The standard InChI is InChI=1S/C13H22F3NO/c1-10-4-7-12(8-5-10,17(2)3)11(18)6-9-13(14,15)16/h10H,4-9H2,1-3H3. The Morgan fingerprint density at radius 1 is 1.28 bits per heavy atom. The Kier molecular flexibility index (Phi) is 4.81. The topological polar surface area (TPSA) is 20.3 Å². The molecule has 0 unspecified atom stereocenters. The number of hydrogen-bond donors (Lipinski definition) is 0. The normalized spacial score (nSPS) is 29.6. The molecule has 1 aliphatic rings. The third-order valence-corrected chi connectivity index (χ3v) is 4.11. The lowest BCUT2D eigenvalue weighted by Crippen LogP contribution is -2.53. The smallest absolute Gasteiger partial charge is 0.298 e. The number of carbonyl (C=O) groups excluding carboxylic acids is 1. The van der Waals surface area contributed by atoms with Crippen molar-refractivity contribution in [2.75, 3.05) is 14.1 Å². The molecule has 0 radical (unpaired) electrons. The maximum Gasteiger partial charge on any atom is 0.389 e. The zero-order valence-corrected chi connectivity index (χ0v) is 11.3. The van der Waals surface area contributed by atoms with E-state index in [1.165, 1.54) is 0 Å². The summed E-state index contributed by atoms with van der Waals surface area (Å²) in [5, 5.41) is 0. The molecule has 0 aliphatic heterocycles. The summed E-state index contributed by atoms with van der Waals surface area (Å²) in [5.41, 5.74) is -0.669. The van der Waals surface area contributed by atoms with Crippen LogP contribution in [0, 0.1) is 5.92 Å². The molecule has 0 bridgehead atoms. The molecule has 1 fully saturated rings. The lowest BCUT2D eigenvalue weighted by molar-refractivity contribution is -0.149. The molecule has 0 aromatic carbocycles. The highest BCUT2D eigenvalue weighted by Crippen LogP contribution is 2.37. The highest BCUT2D eigenvalue weighted by molar-refractivity contribution is 5.88. The first-order valence-electron chi connectivity index (χ1n) is 6.45. The minimum Gasteiger partial charge on any atom is -0.298 e. The fraction of sp³-hybridized carbons (Fsp3) is 0.923. The molecule has 1 saturated carbocycles. The fourth-order valence-electron chi connectivity index (χ4n) is 2.70. The van der Waals surface area contributed by atoms with Crippen LogP contribution in [0.4, 0.5) is 13.2 Å². The molecule has 5 heteroatoms. The first-order chi connectivity index (χ1) is 8.17. The van der Waals surface area contributed by atoms with Crippen LogP contribution in [0.25, 0.3) is 0 Å². The van der Waals surface area contributed by atoms with Crippen LogP contribution in [0.15, 0.2) is 0 Å². The monoisotopic (exact) mass is 265 g/mol. The number of Topliss-reactive ketones (excluding diaryl/α,β-unsaturated/α-hetero) is 1. The predicted octanol–water partition coefficient (Wildman–Crippen LogP) is 3.41. The minimum atomic E-state index is -4.24. The van der Waals surface area contributed by atoms with Crippen molar-refractivity contribution in [1.82, 2.24) is 4.90 Å². The van der Waals surface area contributed by atoms with Crippen LogP contribution < -0.4 is 0 Å². The van der Waals surface area contributed by atoms with Crippen LogP contribution in [0.2, 0.25) is 0 Å². The minimum absolute atomic E-state index is 0.253. The number of ketones is 1. The highest BCUT2D eigenvalue weighted by Gasteiger charge is 2.43. The van der Waals surface area contributed by atoms with E-state index in [1.54, 1.807) is 14.1 Å². The summed E-state index contributed by atoms with van der Waals surface area (Å²) in [7, 11) is 3.59. The average molecular weight is 265 g/mol. The van der Waals surface area contributed by atoms with Crippen LogP contribution in [-0.2, 0) is 4.79 Å². The molecule has 1 rings (SSSR count). The summed E-state index contributed by atoms with van der Waals surface area (Å²) in [6.45, 7) is 2.12. The SMILES string of the molecule is CC1CCC(C(=O)CCC(F)(F)F)(N(C)C)CC1. The molecular weight excluding hydrogens is 243 g/mol. The van der Waals surface area contributed by atoms with Gasteiger partial charge in [0.15, 0.2) is 5.78 Å². The molecule has 0 heterocycles. The lowest BCUT2D eigenvalue weighted by atomic mass is 9.73. The van der Waals surface area contributed by atoms with Gasteiger partial charge in [-0.15, -0.1) is 0 Å². The van der Waals surface area contributed by atoms with Gasteiger partial charge in [-0.3, -0.25) is 9.69 Å². The van der Waals surface area contributed by atoms with Gasteiger partial charge in [0.05, 0.1) is 12.0 Å². The molecule has 0 aromatic heterocycles. The number of halogens is 3. The Morgan fingerprint density at radius 3 is 2.17 bits per heavy atom. The Hall–Kier alpha value is -0.580. The molecule has 18 heavy (non-hydrogen) atoms. The van der Waals surface area contributed by atoms with Crippen molar-refractivity contribution in [2.45, 2.75) is 57.2 Å². The van der Waals surface area contributed by atoms with E-state index in [9.17, 15) is 18.0 Å². The summed E-state index contributed by atoms with van der Waals surface area (Å²) in [4.78, 5) is 14.0. The third-order valence-electron chi connectivity index (χ3n) is 4.11. The largest absolute Gasteiger partial charge is 0.389 e. The van der Waals surface area contributed by atoms with Gasteiger partial charge in [-0.25, -0.2) is 0 Å². The molecule has 0 saturated heterocycles. The zero-order chi connectivity index (χ0) is 14.0. The van der Waals surface area contributed by atoms with Gasteiger partial charge in [0.1, 0.15) is 0 Å². The van der Waals surface area contributed by atoms with Gasteiger partial charge < -0.3 is 0 Å². The van der Waals surface area contributed by atoms with Crippen molar-refractivity contribution >= 4 is 5.78 Å². The Bertz CT molecular complexity index is 291. The van der Waals surface area contributed by atoms with Crippen molar-refractivity contribution in [1.29, 1.82) is 0 Å². The number of rotatable bonds is 4. The van der Waals surface area contributed by atoms with E-state index in [2.05, 4.69) is 6.92 Å².